The Morgan fingerprint density at radius 1 is 1.24 bits per heavy atom. The number of pyridine rings is 1. The van der Waals surface area contributed by atoms with Crippen molar-refractivity contribution in [1.82, 2.24) is 34.6 Å². The number of fused-ring (bicyclic) bond motifs is 2. The Kier molecular flexibility index (Phi) is 6.14. The molecule has 0 unspecified atom stereocenters. The lowest BCUT2D eigenvalue weighted by atomic mass is 10.00. The quantitative estimate of drug-likeness (QED) is 0.339. The van der Waals surface area contributed by atoms with Gasteiger partial charge in [-0.1, -0.05) is 22.9 Å². The number of hydrogen-bond donors (Lipinski definition) is 2. The molecule has 0 amide bonds. The molecule has 14 heteroatoms. The number of aliphatic hydroxyl groups is 1. The summed E-state index contributed by atoms with van der Waals surface area (Å²) in [4.78, 5) is 8.71. The molecule has 0 saturated carbocycles. The van der Waals surface area contributed by atoms with Crippen LogP contribution >= 0.6 is 11.6 Å². The van der Waals surface area contributed by atoms with Gasteiger partial charge in [0, 0.05) is 28.7 Å². The van der Waals surface area contributed by atoms with Gasteiger partial charge in [0.25, 0.3) is 0 Å². The molecular weight excluding hydrogens is 511 g/mol. The van der Waals surface area contributed by atoms with Gasteiger partial charge in [-0.15, -0.1) is 5.10 Å². The summed E-state index contributed by atoms with van der Waals surface area (Å²) < 4.78 is 43.7. The first kappa shape index (κ1) is 24.4. The highest BCUT2D eigenvalue weighted by molar-refractivity contribution is 6.31. The highest BCUT2D eigenvalue weighted by atomic mass is 35.5. The standard InChI is InChI=1S/C23H17ClF3N9O/c1-12-19(16-4-5-29-18-8-13(24)2-3-15(16)18)22(30-6-7-35-10-14(11-37)32-34-35)36-21(31-12)17(9-28)20(33-36)23(25,26)27/h2-5,8,10,30,37H,6-7,11H2,1H3. The topological polar surface area (TPSA) is 130 Å². The number of nitrogens with one attached hydrogen (secondary N) is 1. The van der Waals surface area contributed by atoms with E-state index in [2.05, 4.69) is 30.7 Å². The summed E-state index contributed by atoms with van der Waals surface area (Å²) in [5.74, 6) is 0.208. The van der Waals surface area contributed by atoms with E-state index < -0.39 is 17.4 Å². The average molecular weight is 528 g/mol. The van der Waals surface area contributed by atoms with Crippen molar-refractivity contribution in [2.24, 2.45) is 0 Å². The molecule has 5 rings (SSSR count). The normalized spacial score (nSPS) is 11.8. The van der Waals surface area contributed by atoms with Crippen LogP contribution in [0.3, 0.4) is 0 Å². The lowest BCUT2D eigenvalue weighted by Crippen LogP contribution is -2.16. The molecule has 0 aliphatic rings. The number of aromatic nitrogens is 7. The highest BCUT2D eigenvalue weighted by Gasteiger charge is 2.39. The zero-order valence-electron chi connectivity index (χ0n) is 19.1. The van der Waals surface area contributed by atoms with Gasteiger partial charge >= 0.3 is 6.18 Å². The predicted octanol–water partition coefficient (Wildman–Crippen LogP) is 3.99. The average Bonchev–Trinajstić information content (AvgIpc) is 3.47. The van der Waals surface area contributed by atoms with Crippen LogP contribution in [-0.2, 0) is 19.3 Å². The van der Waals surface area contributed by atoms with Crippen molar-refractivity contribution in [2.75, 3.05) is 11.9 Å². The van der Waals surface area contributed by atoms with Gasteiger partial charge in [-0.25, -0.2) is 4.98 Å². The van der Waals surface area contributed by atoms with Gasteiger partial charge in [0.15, 0.2) is 11.3 Å². The summed E-state index contributed by atoms with van der Waals surface area (Å²) in [6.45, 7) is 1.86. The lowest BCUT2D eigenvalue weighted by Gasteiger charge is -2.17. The van der Waals surface area contributed by atoms with Gasteiger partial charge in [0.05, 0.1) is 30.6 Å². The van der Waals surface area contributed by atoms with E-state index in [9.17, 15) is 23.5 Å². The maximum absolute atomic E-state index is 13.7. The fourth-order valence-electron chi connectivity index (χ4n) is 4.10. The molecule has 10 nitrogen and oxygen atoms in total. The van der Waals surface area contributed by atoms with Crippen LogP contribution < -0.4 is 5.32 Å². The van der Waals surface area contributed by atoms with Crippen molar-refractivity contribution < 1.29 is 18.3 Å². The maximum atomic E-state index is 13.7. The maximum Gasteiger partial charge on any atom is 0.436 e. The van der Waals surface area contributed by atoms with E-state index in [4.69, 9.17) is 11.6 Å². The third-order valence-electron chi connectivity index (χ3n) is 5.68. The Morgan fingerprint density at radius 3 is 2.76 bits per heavy atom. The van der Waals surface area contributed by atoms with Gasteiger partial charge in [0.1, 0.15) is 23.1 Å². The van der Waals surface area contributed by atoms with E-state index in [1.807, 2.05) is 0 Å². The molecule has 0 aliphatic heterocycles. The second-order valence-electron chi connectivity index (χ2n) is 8.07. The number of aryl methyl sites for hydroxylation is 1. The molecule has 1 aromatic carbocycles. The predicted molar refractivity (Wildman–Crippen MR) is 128 cm³/mol. The molecule has 5 aromatic rings. The van der Waals surface area contributed by atoms with E-state index >= 15 is 0 Å². The van der Waals surface area contributed by atoms with E-state index in [1.54, 1.807) is 49.7 Å². The minimum atomic E-state index is -4.86. The zero-order chi connectivity index (χ0) is 26.3. The smallest absolute Gasteiger partial charge is 0.390 e. The second kappa shape index (κ2) is 9.30. The largest absolute Gasteiger partial charge is 0.436 e. The highest BCUT2D eigenvalue weighted by Crippen LogP contribution is 2.39. The Bertz CT molecular complexity index is 1690. The van der Waals surface area contributed by atoms with Crippen LogP contribution in [0.4, 0.5) is 19.0 Å². The van der Waals surface area contributed by atoms with Gasteiger partial charge in [-0.2, -0.15) is 28.0 Å². The number of nitriles is 1. The fourth-order valence-corrected chi connectivity index (χ4v) is 4.26. The molecule has 4 heterocycles. The second-order valence-corrected chi connectivity index (χ2v) is 8.50. The molecule has 0 saturated heterocycles. The Morgan fingerprint density at radius 2 is 2.05 bits per heavy atom. The summed E-state index contributed by atoms with van der Waals surface area (Å²) in [6, 6.07) is 8.47. The number of halogens is 4. The van der Waals surface area contributed by atoms with E-state index in [1.165, 1.54) is 4.68 Å². The summed E-state index contributed by atoms with van der Waals surface area (Å²) >= 11 is 6.13. The van der Waals surface area contributed by atoms with Crippen molar-refractivity contribution in [3.63, 3.8) is 0 Å². The van der Waals surface area contributed by atoms with E-state index in [0.717, 1.165) is 4.52 Å². The van der Waals surface area contributed by atoms with Crippen LogP contribution in [0.2, 0.25) is 5.02 Å². The Labute approximate surface area is 211 Å². The van der Waals surface area contributed by atoms with Crippen LogP contribution in [-0.4, -0.2) is 46.2 Å². The van der Waals surface area contributed by atoms with E-state index in [0.29, 0.717) is 38.4 Å². The monoisotopic (exact) mass is 527 g/mol. The summed E-state index contributed by atoms with van der Waals surface area (Å²) in [5.41, 5.74) is 0.264. The molecule has 0 fully saturated rings. The van der Waals surface area contributed by atoms with Gasteiger partial charge < -0.3 is 10.4 Å². The third kappa shape index (κ3) is 4.41. The molecule has 2 N–H and O–H groups in total. The summed E-state index contributed by atoms with van der Waals surface area (Å²) in [7, 11) is 0. The molecule has 0 aliphatic carbocycles. The SMILES string of the molecule is Cc1nc2c(C#N)c(C(F)(F)F)nn2c(NCCn2cc(CO)nn2)c1-c1ccnc2cc(Cl)ccc12. The van der Waals surface area contributed by atoms with Gasteiger partial charge in [-0.05, 0) is 30.7 Å². The summed E-state index contributed by atoms with van der Waals surface area (Å²) in [5, 5.41) is 34.6. The molecule has 0 bridgehead atoms. The number of aliphatic hydroxyl groups excluding tert-OH is 1. The van der Waals surface area contributed by atoms with Crippen molar-refractivity contribution in [3.8, 4) is 17.2 Å². The number of anilines is 1. The molecule has 0 spiro atoms. The third-order valence-corrected chi connectivity index (χ3v) is 5.92. The summed E-state index contributed by atoms with van der Waals surface area (Å²) in [6.07, 6.45) is -1.73. The minimum absolute atomic E-state index is 0.206. The van der Waals surface area contributed by atoms with Crippen LogP contribution in [0.5, 0.6) is 0 Å². The fraction of sp³-hybridized carbons (Fsp3) is 0.217. The van der Waals surface area contributed by atoms with Crippen LogP contribution in [0, 0.1) is 18.3 Å². The molecule has 188 valence electrons. The lowest BCUT2D eigenvalue weighted by molar-refractivity contribution is -0.141. The van der Waals surface area contributed by atoms with Gasteiger partial charge in [-0.3, -0.25) is 9.67 Å². The number of alkyl halides is 3. The molecule has 0 atom stereocenters. The zero-order valence-corrected chi connectivity index (χ0v) is 19.9. The van der Waals surface area contributed by atoms with Crippen molar-refractivity contribution in [2.45, 2.75) is 26.3 Å². The Balaban J connectivity index is 1.72. The number of benzene rings is 1. The van der Waals surface area contributed by atoms with Crippen molar-refractivity contribution >= 4 is 34.0 Å². The van der Waals surface area contributed by atoms with Crippen LogP contribution in [0.25, 0.3) is 27.7 Å². The van der Waals surface area contributed by atoms with E-state index in [-0.39, 0.29) is 31.2 Å². The van der Waals surface area contributed by atoms with Gasteiger partial charge in [0.2, 0.25) is 0 Å². The molecule has 37 heavy (non-hydrogen) atoms. The molecule has 0 radical (unpaired) electrons. The number of hydrogen-bond acceptors (Lipinski definition) is 8. The molecule has 4 aromatic heterocycles. The van der Waals surface area contributed by atoms with Crippen LogP contribution in [0.1, 0.15) is 22.6 Å². The number of rotatable bonds is 6. The Hall–Kier alpha value is -4.28. The van der Waals surface area contributed by atoms with Crippen molar-refractivity contribution in [1.29, 1.82) is 5.26 Å². The van der Waals surface area contributed by atoms with Crippen LogP contribution in [0.15, 0.2) is 36.7 Å². The first-order valence-corrected chi connectivity index (χ1v) is 11.3. The minimum Gasteiger partial charge on any atom is -0.390 e. The number of nitrogens with zero attached hydrogens (tertiary/aromatic N) is 8. The van der Waals surface area contributed by atoms with Crippen molar-refractivity contribution in [3.05, 3.63) is 64.3 Å². The first-order chi connectivity index (χ1) is 17.7. The molecular formula is C23H17ClF3N9O. The first-order valence-electron chi connectivity index (χ1n) is 10.9.